The smallest absolute Gasteiger partial charge is 0.343 e. The Hall–Kier alpha value is -4.76. The number of fused-ring (bicyclic) bond motifs is 1. The molecule has 0 aliphatic carbocycles. The molecule has 37 heavy (non-hydrogen) atoms. The average molecular weight is 511 g/mol. The Morgan fingerprint density at radius 3 is 2.35 bits per heavy atom. The minimum absolute atomic E-state index is 0.123. The molecule has 0 N–H and O–H groups in total. The molecular formula is C28H18N2O6S. The van der Waals surface area contributed by atoms with E-state index in [4.69, 9.17) is 4.74 Å². The molecule has 8 nitrogen and oxygen atoms in total. The summed E-state index contributed by atoms with van der Waals surface area (Å²) in [6.07, 6.45) is 1.62. The van der Waals surface area contributed by atoms with Crippen molar-refractivity contribution in [3.05, 3.63) is 123 Å². The van der Waals surface area contributed by atoms with Crippen molar-refractivity contribution in [3.63, 3.8) is 0 Å². The van der Waals surface area contributed by atoms with Crippen LogP contribution in [-0.4, -0.2) is 26.9 Å². The van der Waals surface area contributed by atoms with Crippen LogP contribution in [0.4, 0.5) is 10.5 Å². The van der Waals surface area contributed by atoms with Crippen molar-refractivity contribution in [3.8, 4) is 5.75 Å². The Labute approximate surface area is 215 Å². The van der Waals surface area contributed by atoms with Crippen molar-refractivity contribution in [1.82, 2.24) is 4.90 Å². The monoisotopic (exact) mass is 510 g/mol. The van der Waals surface area contributed by atoms with Gasteiger partial charge in [-0.1, -0.05) is 54.6 Å². The molecule has 0 aromatic heterocycles. The molecule has 1 aliphatic heterocycles. The number of hydrogen-bond acceptors (Lipinski definition) is 7. The van der Waals surface area contributed by atoms with Gasteiger partial charge in [0.2, 0.25) is 0 Å². The number of nitro benzene ring substituents is 1. The van der Waals surface area contributed by atoms with E-state index in [1.807, 2.05) is 42.5 Å². The maximum absolute atomic E-state index is 13.0. The first-order chi connectivity index (χ1) is 17.9. The molecule has 2 amide bonds. The minimum atomic E-state index is -0.655. The Morgan fingerprint density at radius 2 is 1.62 bits per heavy atom. The number of hydrogen-bond donors (Lipinski definition) is 0. The predicted octanol–water partition coefficient (Wildman–Crippen LogP) is 6.20. The summed E-state index contributed by atoms with van der Waals surface area (Å²) in [4.78, 5) is 49.7. The zero-order chi connectivity index (χ0) is 25.9. The molecule has 4 aromatic carbocycles. The van der Waals surface area contributed by atoms with Gasteiger partial charge >= 0.3 is 5.97 Å². The maximum Gasteiger partial charge on any atom is 0.343 e. The number of amides is 2. The lowest BCUT2D eigenvalue weighted by Gasteiger charge is -2.14. The van der Waals surface area contributed by atoms with Crippen LogP contribution in [0.2, 0.25) is 0 Å². The van der Waals surface area contributed by atoms with Crippen LogP contribution in [0.5, 0.6) is 5.75 Å². The lowest BCUT2D eigenvalue weighted by Crippen LogP contribution is -2.27. The van der Waals surface area contributed by atoms with Crippen LogP contribution in [0.3, 0.4) is 0 Å². The van der Waals surface area contributed by atoms with Crippen LogP contribution in [-0.2, 0) is 11.3 Å². The van der Waals surface area contributed by atoms with Gasteiger partial charge in [0.15, 0.2) is 0 Å². The fourth-order valence-electron chi connectivity index (χ4n) is 3.91. The van der Waals surface area contributed by atoms with E-state index in [0.29, 0.717) is 10.5 Å². The van der Waals surface area contributed by atoms with Gasteiger partial charge in [0, 0.05) is 12.1 Å². The number of esters is 1. The minimum Gasteiger partial charge on any atom is -0.423 e. The summed E-state index contributed by atoms with van der Waals surface area (Å²) in [5.74, 6) is -0.752. The number of ether oxygens (including phenoxy) is 1. The largest absolute Gasteiger partial charge is 0.423 e. The molecule has 4 aromatic rings. The summed E-state index contributed by atoms with van der Waals surface area (Å²) in [6, 6.07) is 25.2. The number of nitro groups is 1. The number of rotatable bonds is 6. The topological polar surface area (TPSA) is 107 Å². The van der Waals surface area contributed by atoms with Crippen molar-refractivity contribution in [2.45, 2.75) is 6.54 Å². The van der Waals surface area contributed by atoms with Gasteiger partial charge < -0.3 is 4.74 Å². The number of carbonyl (C=O) groups excluding carboxylic acids is 3. The third kappa shape index (κ3) is 5.12. The molecule has 5 rings (SSSR count). The number of non-ortho nitro benzene ring substituents is 1. The highest BCUT2D eigenvalue weighted by Gasteiger charge is 2.35. The normalized spacial score (nSPS) is 14.4. The van der Waals surface area contributed by atoms with Crippen LogP contribution < -0.4 is 4.74 Å². The second kappa shape index (κ2) is 10.1. The highest BCUT2D eigenvalue weighted by atomic mass is 32.2. The molecule has 1 saturated heterocycles. The summed E-state index contributed by atoms with van der Waals surface area (Å²) in [6.45, 7) is 0.181. The lowest BCUT2D eigenvalue weighted by molar-refractivity contribution is -0.384. The zero-order valence-electron chi connectivity index (χ0n) is 19.2. The van der Waals surface area contributed by atoms with Crippen molar-refractivity contribution in [1.29, 1.82) is 0 Å². The maximum atomic E-state index is 13.0. The summed E-state index contributed by atoms with van der Waals surface area (Å²) >= 11 is 0.882. The van der Waals surface area contributed by atoms with Gasteiger partial charge in [0.05, 0.1) is 21.9 Å². The Kier molecular flexibility index (Phi) is 6.53. The molecule has 0 bridgehead atoms. The quantitative estimate of drug-likeness (QED) is 0.0999. The summed E-state index contributed by atoms with van der Waals surface area (Å²) in [5, 5.41) is 12.5. The molecule has 182 valence electrons. The van der Waals surface area contributed by atoms with E-state index >= 15 is 0 Å². The van der Waals surface area contributed by atoms with Crippen LogP contribution in [0.15, 0.2) is 95.9 Å². The van der Waals surface area contributed by atoms with E-state index < -0.39 is 10.9 Å². The van der Waals surface area contributed by atoms with E-state index in [1.165, 1.54) is 29.2 Å². The number of carbonyl (C=O) groups is 3. The summed E-state index contributed by atoms with van der Waals surface area (Å²) in [7, 11) is 0. The van der Waals surface area contributed by atoms with Crippen LogP contribution in [0.1, 0.15) is 21.5 Å². The van der Waals surface area contributed by atoms with Crippen LogP contribution >= 0.6 is 11.8 Å². The molecule has 0 unspecified atom stereocenters. The third-order valence-corrected chi connectivity index (χ3v) is 6.69. The van der Waals surface area contributed by atoms with Gasteiger partial charge in [-0.2, -0.15) is 0 Å². The Balaban J connectivity index is 1.27. The number of imide groups is 1. The van der Waals surface area contributed by atoms with E-state index in [0.717, 1.165) is 28.1 Å². The number of thioether (sulfide) groups is 1. The standard InChI is InChI=1S/C28H18N2O6S/c31-26-25(37-28(33)29(26)17-21-6-3-5-19-4-1-2-7-24(19)21)16-18-8-14-23(15-9-18)36-27(32)20-10-12-22(13-11-20)30(34)35/h1-16H,17H2/b25-16-. The molecule has 0 radical (unpaired) electrons. The van der Waals surface area contributed by atoms with Gasteiger partial charge in [0.1, 0.15) is 5.75 Å². The average Bonchev–Trinajstić information content (AvgIpc) is 3.17. The van der Waals surface area contributed by atoms with Crippen LogP contribution in [0, 0.1) is 10.1 Å². The highest BCUT2D eigenvalue weighted by Crippen LogP contribution is 2.34. The molecule has 1 fully saturated rings. The van der Waals surface area contributed by atoms with E-state index in [-0.39, 0.29) is 34.7 Å². The molecule has 9 heteroatoms. The van der Waals surface area contributed by atoms with E-state index in [2.05, 4.69) is 0 Å². The Morgan fingerprint density at radius 1 is 0.919 bits per heavy atom. The van der Waals surface area contributed by atoms with Gasteiger partial charge in [0.25, 0.3) is 16.8 Å². The zero-order valence-corrected chi connectivity index (χ0v) is 20.0. The molecule has 0 atom stereocenters. The molecule has 0 spiro atoms. The predicted molar refractivity (Wildman–Crippen MR) is 140 cm³/mol. The van der Waals surface area contributed by atoms with Crippen molar-refractivity contribution >= 4 is 51.4 Å². The van der Waals surface area contributed by atoms with Crippen molar-refractivity contribution in [2.75, 3.05) is 0 Å². The van der Waals surface area contributed by atoms with Gasteiger partial charge in [-0.15, -0.1) is 0 Å². The summed E-state index contributed by atoms with van der Waals surface area (Å²) < 4.78 is 5.32. The molecule has 1 heterocycles. The van der Waals surface area contributed by atoms with Crippen LogP contribution in [0.25, 0.3) is 16.8 Å². The summed E-state index contributed by atoms with van der Waals surface area (Å²) in [5.41, 5.74) is 1.60. The van der Waals surface area contributed by atoms with Gasteiger partial charge in [-0.05, 0) is 64.0 Å². The highest BCUT2D eigenvalue weighted by molar-refractivity contribution is 8.18. The fourth-order valence-corrected chi connectivity index (χ4v) is 4.74. The molecular weight excluding hydrogens is 492 g/mol. The first-order valence-electron chi connectivity index (χ1n) is 11.2. The second-order valence-corrected chi connectivity index (χ2v) is 9.16. The van der Waals surface area contributed by atoms with Gasteiger partial charge in [-0.3, -0.25) is 24.6 Å². The third-order valence-electron chi connectivity index (χ3n) is 5.78. The lowest BCUT2D eigenvalue weighted by atomic mass is 10.0. The SMILES string of the molecule is O=C(Oc1ccc(/C=C2\SC(=O)N(Cc3cccc4ccccc34)C2=O)cc1)c1ccc([N+](=O)[O-])cc1. The first kappa shape index (κ1) is 24.0. The van der Waals surface area contributed by atoms with Crippen molar-refractivity contribution in [2.24, 2.45) is 0 Å². The first-order valence-corrected chi connectivity index (χ1v) is 12.0. The van der Waals surface area contributed by atoms with E-state index in [9.17, 15) is 24.5 Å². The van der Waals surface area contributed by atoms with Crippen molar-refractivity contribution < 1.29 is 24.0 Å². The van der Waals surface area contributed by atoms with Gasteiger partial charge in [-0.25, -0.2) is 4.79 Å². The van der Waals surface area contributed by atoms with E-state index in [1.54, 1.807) is 30.3 Å². The number of benzene rings is 4. The molecule has 0 saturated carbocycles. The fraction of sp³-hybridized carbons (Fsp3) is 0.0357. The molecule has 1 aliphatic rings. The number of nitrogens with zero attached hydrogens (tertiary/aromatic N) is 2. The Bertz CT molecular complexity index is 1570. The second-order valence-electron chi connectivity index (χ2n) is 8.17.